The van der Waals surface area contributed by atoms with E-state index in [9.17, 15) is 22.8 Å². The summed E-state index contributed by atoms with van der Waals surface area (Å²) in [6.45, 7) is 2.20. The molecule has 0 aliphatic heterocycles. The van der Waals surface area contributed by atoms with E-state index in [1.165, 1.54) is 23.1 Å². The molecule has 0 bridgehead atoms. The van der Waals surface area contributed by atoms with Gasteiger partial charge in [-0.3, -0.25) is 9.59 Å². The van der Waals surface area contributed by atoms with Crippen molar-refractivity contribution in [3.63, 3.8) is 0 Å². The lowest BCUT2D eigenvalue weighted by Gasteiger charge is -2.22. The lowest BCUT2D eigenvalue weighted by atomic mass is 10.1. The minimum Gasteiger partial charge on any atom is -0.466 e. The summed E-state index contributed by atoms with van der Waals surface area (Å²) in [6.07, 6.45) is 0.394. The topological polar surface area (TPSA) is 46.6 Å². The molecule has 0 aliphatic rings. The predicted molar refractivity (Wildman–Crippen MR) is 93.6 cm³/mol. The summed E-state index contributed by atoms with van der Waals surface area (Å²) < 4.78 is 44.4. The third-order valence-electron chi connectivity index (χ3n) is 3.93. The van der Waals surface area contributed by atoms with Crippen LogP contribution in [0.25, 0.3) is 0 Å². The SMILES string of the molecule is CCOC(=O)CCN(CCc1ccc(F)cc1)C(=O)c1ccc(F)c(F)c1. The molecule has 0 atom stereocenters. The second kappa shape index (κ2) is 9.75. The van der Waals surface area contributed by atoms with Gasteiger partial charge in [0.1, 0.15) is 5.82 Å². The first-order valence-electron chi connectivity index (χ1n) is 8.55. The highest BCUT2D eigenvalue weighted by Crippen LogP contribution is 2.13. The number of carbonyl (C=O) groups excluding carboxylic acids is 2. The predicted octanol–water partition coefficient (Wildman–Crippen LogP) is 3.74. The smallest absolute Gasteiger partial charge is 0.307 e. The normalized spacial score (nSPS) is 10.5. The Morgan fingerprint density at radius 3 is 2.30 bits per heavy atom. The standard InChI is InChI=1S/C20H20F3NO3/c1-2-27-19(25)10-12-24(11-9-14-3-6-16(21)7-4-14)20(26)15-5-8-17(22)18(23)13-15/h3-8,13H,2,9-12H2,1H3. The quantitative estimate of drug-likeness (QED) is 0.657. The molecule has 7 heteroatoms. The molecule has 4 nitrogen and oxygen atoms in total. The number of ether oxygens (including phenoxy) is 1. The second-order valence-corrected chi connectivity index (χ2v) is 5.85. The second-order valence-electron chi connectivity index (χ2n) is 5.85. The van der Waals surface area contributed by atoms with Crippen molar-refractivity contribution in [1.29, 1.82) is 0 Å². The number of benzene rings is 2. The number of nitrogens with zero attached hydrogens (tertiary/aromatic N) is 1. The highest BCUT2D eigenvalue weighted by Gasteiger charge is 2.19. The number of carbonyl (C=O) groups is 2. The Morgan fingerprint density at radius 2 is 1.67 bits per heavy atom. The van der Waals surface area contributed by atoms with E-state index in [2.05, 4.69) is 0 Å². The summed E-state index contributed by atoms with van der Waals surface area (Å²) >= 11 is 0. The molecule has 2 rings (SSSR count). The summed E-state index contributed by atoms with van der Waals surface area (Å²) in [7, 11) is 0. The largest absolute Gasteiger partial charge is 0.466 e. The van der Waals surface area contributed by atoms with Crippen LogP contribution in [-0.2, 0) is 16.0 Å². The maximum atomic E-state index is 13.5. The van der Waals surface area contributed by atoms with Gasteiger partial charge in [-0.15, -0.1) is 0 Å². The summed E-state index contributed by atoms with van der Waals surface area (Å²) in [4.78, 5) is 25.7. The van der Waals surface area contributed by atoms with Crippen LogP contribution in [0.5, 0.6) is 0 Å². The van der Waals surface area contributed by atoms with Crippen molar-refractivity contribution in [1.82, 2.24) is 4.90 Å². The molecule has 2 aromatic rings. The number of esters is 1. The Balaban J connectivity index is 2.11. The van der Waals surface area contributed by atoms with E-state index < -0.39 is 23.5 Å². The van der Waals surface area contributed by atoms with Crippen molar-refractivity contribution in [2.24, 2.45) is 0 Å². The number of rotatable bonds is 8. The number of halogens is 3. The van der Waals surface area contributed by atoms with Gasteiger partial charge >= 0.3 is 5.97 Å². The van der Waals surface area contributed by atoms with E-state index in [4.69, 9.17) is 4.74 Å². The van der Waals surface area contributed by atoms with Crippen molar-refractivity contribution >= 4 is 11.9 Å². The van der Waals surface area contributed by atoms with Gasteiger partial charge in [-0.05, 0) is 49.2 Å². The van der Waals surface area contributed by atoms with Crippen LogP contribution < -0.4 is 0 Å². The molecule has 0 unspecified atom stereocenters. The summed E-state index contributed by atoms with van der Waals surface area (Å²) in [5.41, 5.74) is 0.785. The summed E-state index contributed by atoms with van der Waals surface area (Å²) in [5.74, 6) is -3.51. The van der Waals surface area contributed by atoms with E-state index in [1.54, 1.807) is 19.1 Å². The number of hydrogen-bond acceptors (Lipinski definition) is 3. The minimum absolute atomic E-state index is 0.0168. The number of amides is 1. The molecule has 0 saturated heterocycles. The van der Waals surface area contributed by atoms with Crippen molar-refractivity contribution in [3.05, 3.63) is 71.0 Å². The molecule has 0 N–H and O–H groups in total. The molecule has 2 aromatic carbocycles. The first kappa shape index (κ1) is 20.5. The van der Waals surface area contributed by atoms with Crippen LogP contribution in [0.4, 0.5) is 13.2 Å². The Morgan fingerprint density at radius 1 is 0.963 bits per heavy atom. The van der Waals surface area contributed by atoms with Crippen LogP contribution in [-0.4, -0.2) is 36.5 Å². The van der Waals surface area contributed by atoms with E-state index >= 15 is 0 Å². The molecule has 0 heterocycles. The zero-order valence-electron chi connectivity index (χ0n) is 14.9. The zero-order chi connectivity index (χ0) is 19.8. The van der Waals surface area contributed by atoms with E-state index in [-0.39, 0.29) is 37.5 Å². The van der Waals surface area contributed by atoms with Gasteiger partial charge in [0.2, 0.25) is 0 Å². The van der Waals surface area contributed by atoms with Gasteiger partial charge in [-0.1, -0.05) is 12.1 Å². The lowest BCUT2D eigenvalue weighted by molar-refractivity contribution is -0.143. The molecular formula is C20H20F3NO3. The first-order chi connectivity index (χ1) is 12.9. The third-order valence-corrected chi connectivity index (χ3v) is 3.93. The fraction of sp³-hybridized carbons (Fsp3) is 0.300. The van der Waals surface area contributed by atoms with Gasteiger partial charge in [0.15, 0.2) is 11.6 Å². The summed E-state index contributed by atoms with van der Waals surface area (Å²) in [6, 6.07) is 8.72. The highest BCUT2D eigenvalue weighted by atomic mass is 19.2. The van der Waals surface area contributed by atoms with Gasteiger partial charge in [0.25, 0.3) is 5.91 Å². The monoisotopic (exact) mass is 379 g/mol. The van der Waals surface area contributed by atoms with Gasteiger partial charge in [-0.25, -0.2) is 13.2 Å². The molecule has 0 spiro atoms. The molecule has 27 heavy (non-hydrogen) atoms. The highest BCUT2D eigenvalue weighted by molar-refractivity contribution is 5.94. The van der Waals surface area contributed by atoms with E-state index in [0.717, 1.165) is 17.7 Å². The average Bonchev–Trinajstić information content (AvgIpc) is 2.65. The van der Waals surface area contributed by atoms with Crippen molar-refractivity contribution in [3.8, 4) is 0 Å². The Bertz CT molecular complexity index is 794. The van der Waals surface area contributed by atoms with Crippen LogP contribution in [0.1, 0.15) is 29.3 Å². The van der Waals surface area contributed by atoms with Gasteiger partial charge in [0.05, 0.1) is 13.0 Å². The van der Waals surface area contributed by atoms with Crippen LogP contribution in [0.15, 0.2) is 42.5 Å². The molecule has 0 fully saturated rings. The Hall–Kier alpha value is -2.83. The van der Waals surface area contributed by atoms with Crippen molar-refractivity contribution < 1.29 is 27.5 Å². The van der Waals surface area contributed by atoms with Gasteiger partial charge in [0, 0.05) is 18.7 Å². The Kier molecular flexibility index (Phi) is 7.40. The lowest BCUT2D eigenvalue weighted by Crippen LogP contribution is -2.35. The molecule has 0 saturated carbocycles. The van der Waals surface area contributed by atoms with Crippen LogP contribution >= 0.6 is 0 Å². The minimum atomic E-state index is -1.12. The van der Waals surface area contributed by atoms with Crippen molar-refractivity contribution in [2.75, 3.05) is 19.7 Å². The molecular weight excluding hydrogens is 359 g/mol. The molecule has 0 aromatic heterocycles. The average molecular weight is 379 g/mol. The molecule has 144 valence electrons. The van der Waals surface area contributed by atoms with Gasteiger partial charge < -0.3 is 9.64 Å². The van der Waals surface area contributed by atoms with Crippen LogP contribution in [0.3, 0.4) is 0 Å². The maximum absolute atomic E-state index is 13.5. The number of hydrogen-bond donors (Lipinski definition) is 0. The molecule has 1 amide bonds. The maximum Gasteiger partial charge on any atom is 0.307 e. The van der Waals surface area contributed by atoms with E-state index in [1.807, 2.05) is 0 Å². The fourth-order valence-electron chi connectivity index (χ4n) is 2.50. The van der Waals surface area contributed by atoms with Gasteiger partial charge in [-0.2, -0.15) is 0 Å². The zero-order valence-corrected chi connectivity index (χ0v) is 14.9. The van der Waals surface area contributed by atoms with E-state index in [0.29, 0.717) is 6.42 Å². The van der Waals surface area contributed by atoms with Crippen LogP contribution in [0, 0.1) is 17.5 Å². The first-order valence-corrected chi connectivity index (χ1v) is 8.55. The molecule has 0 aliphatic carbocycles. The van der Waals surface area contributed by atoms with Crippen molar-refractivity contribution in [2.45, 2.75) is 19.8 Å². The third kappa shape index (κ3) is 6.13. The molecule has 0 radical (unpaired) electrons. The van der Waals surface area contributed by atoms with Crippen LogP contribution in [0.2, 0.25) is 0 Å². The summed E-state index contributed by atoms with van der Waals surface area (Å²) in [5, 5.41) is 0. The fourth-order valence-corrected chi connectivity index (χ4v) is 2.50. The Labute approximate surface area is 155 Å².